The molecule has 0 amide bonds. The lowest BCUT2D eigenvalue weighted by atomic mass is 9.61. The van der Waals surface area contributed by atoms with Crippen LogP contribution in [0.2, 0.25) is 0 Å². The Balaban J connectivity index is 5.38. The van der Waals surface area contributed by atoms with Crippen LogP contribution in [-0.4, -0.2) is 35.6 Å². The fraction of sp³-hybridized carbons (Fsp3) is 0.941. The van der Waals surface area contributed by atoms with E-state index in [1.54, 1.807) is 27.7 Å². The van der Waals surface area contributed by atoms with Gasteiger partial charge in [-0.15, -0.1) is 0 Å². The minimum absolute atomic E-state index is 0.311. The molecule has 0 aliphatic carbocycles. The number of halogens is 6. The minimum Gasteiger partial charge on any atom is -0.465 e. The van der Waals surface area contributed by atoms with Crippen molar-refractivity contribution < 1.29 is 41.0 Å². The zero-order valence-corrected chi connectivity index (χ0v) is 16.2. The molecule has 156 valence electrons. The number of carbonyl (C=O) groups is 1. The predicted molar refractivity (Wildman–Crippen MR) is 84.3 cm³/mol. The average molecular weight is 394 g/mol. The normalized spacial score (nSPS) is 17.0. The summed E-state index contributed by atoms with van der Waals surface area (Å²) in [5.74, 6) is -0.897. The minimum atomic E-state index is -5.93. The third kappa shape index (κ3) is 5.50. The van der Waals surface area contributed by atoms with Gasteiger partial charge >= 0.3 is 18.3 Å². The molecule has 0 aromatic carbocycles. The molecule has 0 aliphatic heterocycles. The van der Waals surface area contributed by atoms with Crippen LogP contribution in [0.5, 0.6) is 0 Å². The molecule has 0 bridgehead atoms. The second kappa shape index (κ2) is 7.20. The zero-order chi connectivity index (χ0) is 21.4. The van der Waals surface area contributed by atoms with Crippen LogP contribution >= 0.6 is 0 Å². The lowest BCUT2D eigenvalue weighted by Crippen LogP contribution is -2.57. The predicted octanol–water partition coefficient (Wildman–Crippen LogP) is 5.26. The van der Waals surface area contributed by atoms with E-state index in [2.05, 4.69) is 0 Å². The number of alkyl halides is 6. The first-order valence-corrected chi connectivity index (χ1v) is 8.12. The number of carbonyl (C=O) groups excluding carboxylic acids is 1. The summed E-state index contributed by atoms with van der Waals surface area (Å²) in [4.78, 5) is 12.5. The molecular formula is C17H28F6O3. The highest BCUT2D eigenvalue weighted by Crippen LogP contribution is 2.48. The molecule has 9 heteroatoms. The fourth-order valence-electron chi connectivity index (χ4n) is 2.60. The SMILES string of the molecule is CC(C)(C)CC(C)(C(=O)OCCC(O)(C(F)(F)F)C(F)(F)F)C(C)(C)C. The average Bonchev–Trinajstić information content (AvgIpc) is 2.31. The van der Waals surface area contributed by atoms with E-state index in [1.807, 2.05) is 20.8 Å². The Morgan fingerprint density at radius 2 is 1.23 bits per heavy atom. The summed E-state index contributed by atoms with van der Waals surface area (Å²) in [6.45, 7) is 11.2. The van der Waals surface area contributed by atoms with E-state index in [0.717, 1.165) is 0 Å². The molecule has 0 saturated heterocycles. The Labute approximate surface area is 150 Å². The van der Waals surface area contributed by atoms with Crippen LogP contribution in [0.4, 0.5) is 26.3 Å². The van der Waals surface area contributed by atoms with E-state index >= 15 is 0 Å². The number of aliphatic hydroxyl groups is 1. The molecule has 0 aliphatic rings. The van der Waals surface area contributed by atoms with Crippen LogP contribution in [0.3, 0.4) is 0 Å². The summed E-state index contributed by atoms with van der Waals surface area (Å²) in [6.07, 6.45) is -13.4. The molecule has 0 aromatic rings. The second-order valence-electron chi connectivity index (χ2n) is 9.06. The molecule has 0 rings (SSSR count). The molecule has 0 fully saturated rings. The number of rotatable bonds is 5. The van der Waals surface area contributed by atoms with Crippen molar-refractivity contribution in [1.82, 2.24) is 0 Å². The Bertz CT molecular complexity index is 483. The molecule has 0 saturated carbocycles. The summed E-state index contributed by atoms with van der Waals surface area (Å²) in [5, 5.41) is 9.11. The van der Waals surface area contributed by atoms with Crippen LogP contribution in [0.1, 0.15) is 61.3 Å². The Morgan fingerprint density at radius 3 is 1.50 bits per heavy atom. The Hall–Kier alpha value is -0.990. The van der Waals surface area contributed by atoms with Gasteiger partial charge in [0.25, 0.3) is 5.60 Å². The largest absolute Gasteiger partial charge is 0.465 e. The van der Waals surface area contributed by atoms with E-state index in [-0.39, 0.29) is 5.41 Å². The van der Waals surface area contributed by atoms with Crippen molar-refractivity contribution in [2.24, 2.45) is 16.2 Å². The summed E-state index contributed by atoms with van der Waals surface area (Å²) in [6, 6.07) is 0. The van der Waals surface area contributed by atoms with Crippen molar-refractivity contribution in [2.45, 2.75) is 79.3 Å². The maximum atomic E-state index is 12.7. The van der Waals surface area contributed by atoms with Gasteiger partial charge in [0.15, 0.2) is 0 Å². The van der Waals surface area contributed by atoms with Gasteiger partial charge in [-0.1, -0.05) is 41.5 Å². The number of ether oxygens (including phenoxy) is 1. The number of hydrogen-bond donors (Lipinski definition) is 1. The van der Waals surface area contributed by atoms with E-state index < -0.39 is 47.8 Å². The number of hydrogen-bond acceptors (Lipinski definition) is 3. The third-order valence-corrected chi connectivity index (χ3v) is 4.62. The van der Waals surface area contributed by atoms with E-state index in [4.69, 9.17) is 9.84 Å². The Kier molecular flexibility index (Phi) is 6.93. The Morgan fingerprint density at radius 1 is 0.846 bits per heavy atom. The molecule has 1 atom stereocenters. The standard InChI is InChI=1S/C17H28F6O3/c1-12(2,3)10-14(7,13(4,5)6)11(24)26-9-8-15(25,16(18,19)20)17(21,22)23/h25H,8-10H2,1-7H3. The van der Waals surface area contributed by atoms with Crippen LogP contribution in [0.15, 0.2) is 0 Å². The fourth-order valence-corrected chi connectivity index (χ4v) is 2.60. The van der Waals surface area contributed by atoms with Crippen LogP contribution in [0, 0.1) is 16.2 Å². The van der Waals surface area contributed by atoms with Crippen molar-refractivity contribution >= 4 is 5.97 Å². The van der Waals surface area contributed by atoms with Crippen molar-refractivity contribution in [3.8, 4) is 0 Å². The first-order chi connectivity index (χ1) is 11.1. The molecule has 3 nitrogen and oxygen atoms in total. The monoisotopic (exact) mass is 394 g/mol. The van der Waals surface area contributed by atoms with Crippen molar-refractivity contribution in [3.63, 3.8) is 0 Å². The highest BCUT2D eigenvalue weighted by atomic mass is 19.4. The lowest BCUT2D eigenvalue weighted by Gasteiger charge is -2.43. The van der Waals surface area contributed by atoms with Gasteiger partial charge in [-0.25, -0.2) is 0 Å². The van der Waals surface area contributed by atoms with Crippen molar-refractivity contribution in [1.29, 1.82) is 0 Å². The second-order valence-corrected chi connectivity index (χ2v) is 9.06. The molecule has 0 spiro atoms. The van der Waals surface area contributed by atoms with Gasteiger partial charge in [-0.05, 0) is 24.2 Å². The van der Waals surface area contributed by atoms with Gasteiger partial charge < -0.3 is 9.84 Å². The first-order valence-electron chi connectivity index (χ1n) is 8.12. The van der Waals surface area contributed by atoms with Crippen LogP contribution in [0.25, 0.3) is 0 Å². The van der Waals surface area contributed by atoms with Gasteiger partial charge in [-0.3, -0.25) is 4.79 Å². The summed E-state index contributed by atoms with van der Waals surface area (Å²) in [7, 11) is 0. The van der Waals surface area contributed by atoms with Crippen molar-refractivity contribution in [2.75, 3.05) is 6.61 Å². The topological polar surface area (TPSA) is 46.5 Å². The zero-order valence-electron chi connectivity index (χ0n) is 16.2. The maximum absolute atomic E-state index is 12.7. The maximum Gasteiger partial charge on any atom is 0.426 e. The molecule has 26 heavy (non-hydrogen) atoms. The first kappa shape index (κ1) is 25.0. The van der Waals surface area contributed by atoms with Gasteiger partial charge in [0, 0.05) is 6.42 Å². The summed E-state index contributed by atoms with van der Waals surface area (Å²) >= 11 is 0. The van der Waals surface area contributed by atoms with E-state index in [1.165, 1.54) is 0 Å². The summed E-state index contributed by atoms with van der Waals surface area (Å²) in [5.41, 5.74) is -7.05. The van der Waals surface area contributed by atoms with Gasteiger partial charge in [-0.2, -0.15) is 26.3 Å². The van der Waals surface area contributed by atoms with Crippen LogP contribution < -0.4 is 0 Å². The third-order valence-electron chi connectivity index (χ3n) is 4.62. The number of esters is 1. The van der Waals surface area contributed by atoms with Crippen LogP contribution in [-0.2, 0) is 9.53 Å². The van der Waals surface area contributed by atoms with Gasteiger partial charge in [0.2, 0.25) is 0 Å². The summed E-state index contributed by atoms with van der Waals surface area (Å²) < 4.78 is 80.7. The highest BCUT2D eigenvalue weighted by molar-refractivity contribution is 5.77. The molecular weight excluding hydrogens is 366 g/mol. The van der Waals surface area contributed by atoms with Gasteiger partial charge in [0.05, 0.1) is 12.0 Å². The van der Waals surface area contributed by atoms with Gasteiger partial charge in [0.1, 0.15) is 0 Å². The molecule has 0 heterocycles. The molecule has 0 aromatic heterocycles. The van der Waals surface area contributed by atoms with Crippen molar-refractivity contribution in [3.05, 3.63) is 0 Å². The van der Waals surface area contributed by atoms with E-state index in [0.29, 0.717) is 6.42 Å². The molecule has 1 N–H and O–H groups in total. The molecule has 0 radical (unpaired) electrons. The van der Waals surface area contributed by atoms with E-state index in [9.17, 15) is 31.1 Å². The highest BCUT2D eigenvalue weighted by Gasteiger charge is 2.70. The molecule has 1 unspecified atom stereocenters. The lowest BCUT2D eigenvalue weighted by molar-refractivity contribution is -0.371. The quantitative estimate of drug-likeness (QED) is 0.511. The smallest absolute Gasteiger partial charge is 0.426 e.